The second-order valence-corrected chi connectivity index (χ2v) is 5.30. The van der Waals surface area contributed by atoms with E-state index in [4.69, 9.17) is 5.73 Å². The highest BCUT2D eigenvalue weighted by atomic mass is 16.3. The van der Waals surface area contributed by atoms with Crippen LogP contribution in [0.3, 0.4) is 0 Å². The van der Waals surface area contributed by atoms with Crippen molar-refractivity contribution in [1.29, 1.82) is 0 Å². The second kappa shape index (κ2) is 5.67. The number of anilines is 1. The quantitative estimate of drug-likeness (QED) is 0.856. The summed E-state index contributed by atoms with van der Waals surface area (Å²) in [6, 6.07) is 4.09. The van der Waals surface area contributed by atoms with Gasteiger partial charge in [-0.05, 0) is 50.3 Å². The molecule has 0 amide bonds. The minimum atomic E-state index is -0.199. The van der Waals surface area contributed by atoms with E-state index in [1.54, 1.807) is 0 Å². The molecular weight excluding hydrogens is 226 g/mol. The lowest BCUT2D eigenvalue weighted by Crippen LogP contribution is -2.37. The van der Waals surface area contributed by atoms with E-state index in [1.807, 2.05) is 26.1 Å². The molecule has 1 aliphatic rings. The van der Waals surface area contributed by atoms with Gasteiger partial charge < -0.3 is 15.7 Å². The Morgan fingerprint density at radius 3 is 2.61 bits per heavy atom. The number of hydrogen-bond acceptors (Lipinski definition) is 4. The lowest BCUT2D eigenvalue weighted by atomic mass is 9.92. The summed E-state index contributed by atoms with van der Waals surface area (Å²) in [5.41, 5.74) is 7.02. The van der Waals surface area contributed by atoms with Crippen molar-refractivity contribution in [2.45, 2.75) is 38.8 Å². The van der Waals surface area contributed by atoms with E-state index >= 15 is 0 Å². The third kappa shape index (κ3) is 3.00. The first-order valence-corrected chi connectivity index (χ1v) is 6.72. The number of nitrogens with zero attached hydrogens (tertiary/aromatic N) is 2. The molecule has 0 radical (unpaired) electrons. The number of piperidine rings is 1. The van der Waals surface area contributed by atoms with E-state index in [2.05, 4.69) is 16.0 Å². The number of aliphatic hydroxyl groups excluding tert-OH is 1. The molecular formula is C14H23N3O. The van der Waals surface area contributed by atoms with Crippen LogP contribution in [0.2, 0.25) is 0 Å². The fourth-order valence-corrected chi connectivity index (χ4v) is 2.50. The average Bonchev–Trinajstić information content (AvgIpc) is 2.39. The molecule has 0 saturated carbocycles. The topological polar surface area (TPSA) is 62.4 Å². The molecule has 1 aromatic heterocycles. The van der Waals surface area contributed by atoms with Crippen molar-refractivity contribution in [1.82, 2.24) is 4.98 Å². The number of pyridine rings is 1. The number of hydrogen-bond donors (Lipinski definition) is 2. The Kier molecular flexibility index (Phi) is 4.19. The maximum Gasteiger partial charge on any atom is 0.128 e. The van der Waals surface area contributed by atoms with Gasteiger partial charge in [-0.2, -0.15) is 0 Å². The van der Waals surface area contributed by atoms with Crippen LogP contribution in [-0.2, 0) is 0 Å². The predicted molar refractivity (Wildman–Crippen MR) is 73.5 cm³/mol. The maximum absolute atomic E-state index is 9.60. The highest BCUT2D eigenvalue weighted by Crippen LogP contribution is 2.25. The monoisotopic (exact) mass is 249 g/mol. The van der Waals surface area contributed by atoms with Crippen LogP contribution in [0.4, 0.5) is 5.82 Å². The van der Waals surface area contributed by atoms with Gasteiger partial charge in [0.25, 0.3) is 0 Å². The zero-order valence-electron chi connectivity index (χ0n) is 11.2. The SMILES string of the molecule is CC(N)c1ccnc(N2CCC(C(C)O)CC2)c1. The maximum atomic E-state index is 9.60. The van der Waals surface area contributed by atoms with Crippen molar-refractivity contribution in [3.63, 3.8) is 0 Å². The summed E-state index contributed by atoms with van der Waals surface area (Å²) in [5, 5.41) is 9.60. The van der Waals surface area contributed by atoms with Crippen LogP contribution < -0.4 is 10.6 Å². The van der Waals surface area contributed by atoms with Gasteiger partial charge in [0.1, 0.15) is 5.82 Å². The van der Waals surface area contributed by atoms with E-state index in [1.165, 1.54) is 0 Å². The predicted octanol–water partition coefficient (Wildman–Crippen LogP) is 1.70. The Bertz CT molecular complexity index is 384. The largest absolute Gasteiger partial charge is 0.393 e. The van der Waals surface area contributed by atoms with Crippen LogP contribution in [0.1, 0.15) is 38.3 Å². The molecule has 100 valence electrons. The Morgan fingerprint density at radius 2 is 2.06 bits per heavy atom. The minimum absolute atomic E-state index is 0.0433. The normalized spacial score (nSPS) is 20.8. The summed E-state index contributed by atoms with van der Waals surface area (Å²) in [6.45, 7) is 5.80. The molecule has 2 unspecified atom stereocenters. The highest BCUT2D eigenvalue weighted by molar-refractivity contribution is 5.42. The number of aliphatic hydroxyl groups is 1. The lowest BCUT2D eigenvalue weighted by Gasteiger charge is -2.34. The van der Waals surface area contributed by atoms with Crippen LogP contribution in [0, 0.1) is 5.92 Å². The van der Waals surface area contributed by atoms with Crippen molar-refractivity contribution < 1.29 is 5.11 Å². The van der Waals surface area contributed by atoms with Crippen LogP contribution in [0.25, 0.3) is 0 Å². The van der Waals surface area contributed by atoms with Gasteiger partial charge in [0.2, 0.25) is 0 Å². The Morgan fingerprint density at radius 1 is 1.39 bits per heavy atom. The molecule has 0 aliphatic carbocycles. The van der Waals surface area contributed by atoms with Crippen molar-refractivity contribution in [2.75, 3.05) is 18.0 Å². The number of aromatic nitrogens is 1. The summed E-state index contributed by atoms with van der Waals surface area (Å²) < 4.78 is 0. The van der Waals surface area contributed by atoms with Crippen LogP contribution in [0.5, 0.6) is 0 Å². The molecule has 2 atom stereocenters. The zero-order chi connectivity index (χ0) is 13.1. The summed E-state index contributed by atoms with van der Waals surface area (Å²) >= 11 is 0. The first-order chi connectivity index (χ1) is 8.58. The smallest absolute Gasteiger partial charge is 0.128 e. The Balaban J connectivity index is 2.03. The van der Waals surface area contributed by atoms with Gasteiger partial charge in [0.05, 0.1) is 6.10 Å². The van der Waals surface area contributed by atoms with Crippen LogP contribution >= 0.6 is 0 Å². The average molecular weight is 249 g/mol. The molecule has 2 heterocycles. The molecule has 0 spiro atoms. The van der Waals surface area contributed by atoms with Gasteiger partial charge in [-0.3, -0.25) is 0 Å². The first-order valence-electron chi connectivity index (χ1n) is 6.72. The summed E-state index contributed by atoms with van der Waals surface area (Å²) in [6.07, 6.45) is 3.69. The molecule has 3 N–H and O–H groups in total. The van der Waals surface area contributed by atoms with E-state index in [0.717, 1.165) is 37.3 Å². The fourth-order valence-electron chi connectivity index (χ4n) is 2.50. The standard InChI is InChI=1S/C14H23N3O/c1-10(15)13-3-6-16-14(9-13)17-7-4-12(5-8-17)11(2)18/h3,6,9-12,18H,4-5,7-8,15H2,1-2H3. The van der Waals surface area contributed by atoms with Crippen molar-refractivity contribution >= 4 is 5.82 Å². The molecule has 18 heavy (non-hydrogen) atoms. The molecule has 2 rings (SSSR count). The zero-order valence-corrected chi connectivity index (χ0v) is 11.2. The van der Waals surface area contributed by atoms with Crippen molar-refractivity contribution in [2.24, 2.45) is 11.7 Å². The van der Waals surface area contributed by atoms with Gasteiger partial charge in [-0.25, -0.2) is 4.98 Å². The number of nitrogens with two attached hydrogens (primary N) is 1. The van der Waals surface area contributed by atoms with Gasteiger partial charge in [-0.15, -0.1) is 0 Å². The Hall–Kier alpha value is -1.13. The number of rotatable bonds is 3. The third-order valence-corrected chi connectivity index (χ3v) is 3.84. The van der Waals surface area contributed by atoms with E-state index < -0.39 is 0 Å². The third-order valence-electron chi connectivity index (χ3n) is 3.84. The molecule has 0 bridgehead atoms. The lowest BCUT2D eigenvalue weighted by molar-refractivity contribution is 0.110. The summed E-state index contributed by atoms with van der Waals surface area (Å²) in [5.74, 6) is 1.44. The van der Waals surface area contributed by atoms with Crippen LogP contribution in [-0.4, -0.2) is 29.3 Å². The molecule has 4 heteroatoms. The van der Waals surface area contributed by atoms with Gasteiger partial charge >= 0.3 is 0 Å². The van der Waals surface area contributed by atoms with E-state index in [9.17, 15) is 5.11 Å². The van der Waals surface area contributed by atoms with Gasteiger partial charge in [-0.1, -0.05) is 0 Å². The van der Waals surface area contributed by atoms with Crippen LogP contribution in [0.15, 0.2) is 18.3 Å². The van der Waals surface area contributed by atoms with Gasteiger partial charge in [0, 0.05) is 25.3 Å². The molecule has 1 fully saturated rings. The molecule has 0 aromatic carbocycles. The van der Waals surface area contributed by atoms with Gasteiger partial charge in [0.15, 0.2) is 0 Å². The first kappa shape index (κ1) is 13.3. The second-order valence-electron chi connectivity index (χ2n) is 5.30. The minimum Gasteiger partial charge on any atom is -0.393 e. The molecule has 1 saturated heterocycles. The highest BCUT2D eigenvalue weighted by Gasteiger charge is 2.23. The molecule has 1 aliphatic heterocycles. The molecule has 4 nitrogen and oxygen atoms in total. The van der Waals surface area contributed by atoms with Crippen molar-refractivity contribution in [3.8, 4) is 0 Å². The van der Waals surface area contributed by atoms with E-state index in [0.29, 0.717) is 5.92 Å². The van der Waals surface area contributed by atoms with E-state index in [-0.39, 0.29) is 12.1 Å². The summed E-state index contributed by atoms with van der Waals surface area (Å²) in [4.78, 5) is 6.71. The molecule has 1 aromatic rings. The fraction of sp³-hybridized carbons (Fsp3) is 0.643. The summed E-state index contributed by atoms with van der Waals surface area (Å²) in [7, 11) is 0. The Labute approximate surface area is 109 Å². The van der Waals surface area contributed by atoms with Crippen molar-refractivity contribution in [3.05, 3.63) is 23.9 Å².